The highest BCUT2D eigenvalue weighted by molar-refractivity contribution is 5.28. The predicted molar refractivity (Wildman–Crippen MR) is 54.9 cm³/mol. The van der Waals surface area contributed by atoms with Crippen molar-refractivity contribution in [3.63, 3.8) is 0 Å². The number of ether oxygens (including phenoxy) is 1. The van der Waals surface area contributed by atoms with E-state index in [1.165, 1.54) is 0 Å². The molecular weight excluding hydrogens is 178 g/mol. The van der Waals surface area contributed by atoms with Gasteiger partial charge in [-0.3, -0.25) is 0 Å². The zero-order valence-corrected chi connectivity index (χ0v) is 8.73. The first kappa shape index (κ1) is 11.0. The van der Waals surface area contributed by atoms with E-state index in [0.717, 1.165) is 11.3 Å². The Morgan fingerprint density at radius 2 is 1.86 bits per heavy atom. The molecule has 0 aliphatic heterocycles. The third-order valence-electron chi connectivity index (χ3n) is 1.94. The van der Waals surface area contributed by atoms with Crippen LogP contribution in [0.5, 0.6) is 5.75 Å². The Kier molecular flexibility index (Phi) is 3.92. The lowest BCUT2D eigenvalue weighted by molar-refractivity contribution is -0.432. The molecule has 0 fully saturated rings. The van der Waals surface area contributed by atoms with Crippen LogP contribution < -0.4 is 10.5 Å². The average molecular weight is 196 g/mol. The van der Waals surface area contributed by atoms with Gasteiger partial charge in [-0.05, 0) is 38.1 Å². The molecule has 1 aromatic rings. The fourth-order valence-corrected chi connectivity index (χ4v) is 1.20. The maximum absolute atomic E-state index is 8.91. The van der Waals surface area contributed by atoms with E-state index in [9.17, 15) is 0 Å². The summed E-state index contributed by atoms with van der Waals surface area (Å²) in [7, 11) is 0. The lowest BCUT2D eigenvalue weighted by Gasteiger charge is -2.10. The van der Waals surface area contributed by atoms with E-state index in [1.54, 1.807) is 0 Å². The maximum atomic E-state index is 8.91. The standard InChI is InChI=1S/C11H17NO2/c1-8(2)14-10-5-3-9(4-6-10)11(12)7-13/h3-6,8,11,13H,7,12H2,1-2H3/p+1/t11-/m1/s1. The van der Waals surface area contributed by atoms with Gasteiger partial charge in [-0.15, -0.1) is 0 Å². The molecule has 0 saturated carbocycles. The van der Waals surface area contributed by atoms with Crippen LogP contribution in [0.3, 0.4) is 0 Å². The molecule has 0 unspecified atom stereocenters. The van der Waals surface area contributed by atoms with E-state index < -0.39 is 0 Å². The molecule has 0 radical (unpaired) electrons. The molecule has 1 atom stereocenters. The van der Waals surface area contributed by atoms with Crippen LogP contribution in [0.25, 0.3) is 0 Å². The van der Waals surface area contributed by atoms with Crippen LogP contribution in [0.15, 0.2) is 24.3 Å². The molecule has 3 heteroatoms. The zero-order chi connectivity index (χ0) is 10.6. The number of benzene rings is 1. The van der Waals surface area contributed by atoms with Gasteiger partial charge in [0, 0.05) is 5.56 Å². The summed E-state index contributed by atoms with van der Waals surface area (Å²) in [6, 6.07) is 7.63. The summed E-state index contributed by atoms with van der Waals surface area (Å²) >= 11 is 0. The number of quaternary nitrogens is 1. The van der Waals surface area contributed by atoms with Crippen molar-refractivity contribution in [2.75, 3.05) is 6.61 Å². The van der Waals surface area contributed by atoms with Gasteiger partial charge >= 0.3 is 0 Å². The van der Waals surface area contributed by atoms with Crippen LogP contribution in [0, 0.1) is 0 Å². The molecule has 4 N–H and O–H groups in total. The molecule has 0 spiro atoms. The topological polar surface area (TPSA) is 57.1 Å². The SMILES string of the molecule is CC(C)Oc1ccc([C@H]([NH3+])CO)cc1. The Bertz CT molecular complexity index is 269. The second-order valence-electron chi connectivity index (χ2n) is 3.62. The summed E-state index contributed by atoms with van der Waals surface area (Å²) in [5.41, 5.74) is 4.86. The minimum atomic E-state index is -0.0527. The van der Waals surface area contributed by atoms with Gasteiger partial charge in [-0.1, -0.05) is 0 Å². The molecule has 0 heterocycles. The second kappa shape index (κ2) is 4.98. The number of rotatable bonds is 4. The Labute approximate surface area is 84.5 Å². The summed E-state index contributed by atoms with van der Waals surface area (Å²) in [4.78, 5) is 0. The molecule has 1 aromatic carbocycles. The molecule has 1 rings (SSSR count). The highest BCUT2D eigenvalue weighted by Crippen LogP contribution is 2.16. The van der Waals surface area contributed by atoms with Crippen molar-refractivity contribution < 1.29 is 15.6 Å². The Morgan fingerprint density at radius 1 is 1.29 bits per heavy atom. The quantitative estimate of drug-likeness (QED) is 0.746. The van der Waals surface area contributed by atoms with Crippen molar-refractivity contribution in [1.82, 2.24) is 0 Å². The average Bonchev–Trinajstić information content (AvgIpc) is 2.17. The van der Waals surface area contributed by atoms with Crippen LogP contribution in [-0.4, -0.2) is 17.8 Å². The molecule has 0 bridgehead atoms. The first-order chi connectivity index (χ1) is 6.63. The van der Waals surface area contributed by atoms with Crippen LogP contribution in [0.2, 0.25) is 0 Å². The van der Waals surface area contributed by atoms with Crippen molar-refractivity contribution in [1.29, 1.82) is 0 Å². The first-order valence-electron chi connectivity index (χ1n) is 4.84. The van der Waals surface area contributed by atoms with E-state index >= 15 is 0 Å². The molecular formula is C11H18NO2+. The number of hydrogen-bond donors (Lipinski definition) is 2. The predicted octanol–water partition coefficient (Wildman–Crippen LogP) is 0.749. The van der Waals surface area contributed by atoms with Gasteiger partial charge < -0.3 is 15.6 Å². The summed E-state index contributed by atoms with van der Waals surface area (Å²) in [5.74, 6) is 0.855. The molecule has 78 valence electrons. The largest absolute Gasteiger partial charge is 0.491 e. The van der Waals surface area contributed by atoms with Crippen LogP contribution >= 0.6 is 0 Å². The number of hydrogen-bond acceptors (Lipinski definition) is 2. The Balaban J connectivity index is 2.68. The molecule has 0 aliphatic rings. The Hall–Kier alpha value is -1.06. The monoisotopic (exact) mass is 196 g/mol. The van der Waals surface area contributed by atoms with E-state index in [0.29, 0.717) is 0 Å². The third kappa shape index (κ3) is 3.01. The van der Waals surface area contributed by atoms with E-state index in [4.69, 9.17) is 9.84 Å². The van der Waals surface area contributed by atoms with E-state index in [2.05, 4.69) is 5.73 Å². The van der Waals surface area contributed by atoms with Gasteiger partial charge in [0.2, 0.25) is 0 Å². The van der Waals surface area contributed by atoms with E-state index in [1.807, 2.05) is 38.1 Å². The number of aliphatic hydroxyl groups excluding tert-OH is 1. The molecule has 0 saturated heterocycles. The summed E-state index contributed by atoms with van der Waals surface area (Å²) < 4.78 is 5.50. The van der Waals surface area contributed by atoms with Gasteiger partial charge in [0.1, 0.15) is 11.8 Å². The molecule has 14 heavy (non-hydrogen) atoms. The smallest absolute Gasteiger partial charge is 0.133 e. The summed E-state index contributed by atoms with van der Waals surface area (Å²) in [6.07, 6.45) is 0.189. The highest BCUT2D eigenvalue weighted by atomic mass is 16.5. The van der Waals surface area contributed by atoms with Crippen LogP contribution in [0.1, 0.15) is 25.5 Å². The lowest BCUT2D eigenvalue weighted by atomic mass is 10.1. The minimum absolute atomic E-state index is 0.0527. The van der Waals surface area contributed by atoms with Gasteiger partial charge in [0.05, 0.1) is 12.7 Å². The van der Waals surface area contributed by atoms with Crippen molar-refractivity contribution in [3.05, 3.63) is 29.8 Å². The molecule has 0 aliphatic carbocycles. The van der Waals surface area contributed by atoms with Gasteiger partial charge in [-0.25, -0.2) is 0 Å². The van der Waals surface area contributed by atoms with Crippen molar-refractivity contribution in [2.24, 2.45) is 0 Å². The maximum Gasteiger partial charge on any atom is 0.133 e. The lowest BCUT2D eigenvalue weighted by Crippen LogP contribution is -2.55. The second-order valence-corrected chi connectivity index (χ2v) is 3.62. The van der Waals surface area contributed by atoms with Crippen molar-refractivity contribution in [3.8, 4) is 5.75 Å². The summed E-state index contributed by atoms with van der Waals surface area (Å²) in [5, 5.41) is 8.91. The number of aliphatic hydroxyl groups is 1. The van der Waals surface area contributed by atoms with E-state index in [-0.39, 0.29) is 18.8 Å². The molecule has 0 aromatic heterocycles. The zero-order valence-electron chi connectivity index (χ0n) is 8.73. The van der Waals surface area contributed by atoms with Crippen molar-refractivity contribution >= 4 is 0 Å². The van der Waals surface area contributed by atoms with Crippen LogP contribution in [-0.2, 0) is 0 Å². The molecule has 3 nitrogen and oxygen atoms in total. The fourth-order valence-electron chi connectivity index (χ4n) is 1.20. The van der Waals surface area contributed by atoms with Crippen LogP contribution in [0.4, 0.5) is 0 Å². The third-order valence-corrected chi connectivity index (χ3v) is 1.94. The molecule has 0 amide bonds. The first-order valence-corrected chi connectivity index (χ1v) is 4.84. The minimum Gasteiger partial charge on any atom is -0.491 e. The van der Waals surface area contributed by atoms with Gasteiger partial charge in [-0.2, -0.15) is 0 Å². The summed E-state index contributed by atoms with van der Waals surface area (Å²) in [6.45, 7) is 4.06. The highest BCUT2D eigenvalue weighted by Gasteiger charge is 2.07. The van der Waals surface area contributed by atoms with Crippen molar-refractivity contribution in [2.45, 2.75) is 26.0 Å². The van der Waals surface area contributed by atoms with Gasteiger partial charge in [0.15, 0.2) is 0 Å². The Morgan fingerprint density at radius 3 is 2.29 bits per heavy atom. The van der Waals surface area contributed by atoms with Gasteiger partial charge in [0.25, 0.3) is 0 Å². The fraction of sp³-hybridized carbons (Fsp3) is 0.455. The normalized spacial score (nSPS) is 12.9.